The Morgan fingerprint density at radius 1 is 0.466 bits per heavy atom. The van der Waals surface area contributed by atoms with Gasteiger partial charge in [0.25, 0.3) is 0 Å². The molecule has 1 aliphatic carbocycles. The van der Waals surface area contributed by atoms with E-state index in [1.54, 1.807) is 0 Å². The highest BCUT2D eigenvalue weighted by Crippen LogP contribution is 2.42. The molecule has 12 rings (SSSR count). The smallest absolute Gasteiger partial charge is 0.235 e. The summed E-state index contributed by atoms with van der Waals surface area (Å²) >= 11 is 0. The molecular weight excluding hydrogens is 705 g/mol. The maximum absolute atomic E-state index is 5.35. The largest absolute Gasteiger partial charge is 0.309 e. The summed E-state index contributed by atoms with van der Waals surface area (Å²) in [5.41, 5.74) is 12.6. The zero-order valence-corrected chi connectivity index (χ0v) is 31.6. The third-order valence-electron chi connectivity index (χ3n) is 12.1. The fourth-order valence-electron chi connectivity index (χ4n) is 9.39. The Morgan fingerprint density at radius 3 is 1.84 bits per heavy atom. The molecule has 11 aromatic rings. The summed E-state index contributed by atoms with van der Waals surface area (Å²) in [6, 6.07) is 65.2. The average molecular weight is 741 g/mol. The standard InChI is InChI=1S/C54H36N4/c1-3-15-37(16-4-1)52-45-23-9-12-24-48(45)55-54(56-52)58-50-26-14-11-21-42(50)47-34-46(40-19-7-8-22-44(40)53(47)58)36-29-27-35(28-30-36)38-31-32-43-41-20-10-13-25-49(41)57(51(43)33-38)39-17-5-2-6-18-39/h1-27,29-35H,28H2. The molecule has 4 nitrogen and oxygen atoms in total. The van der Waals surface area contributed by atoms with E-state index in [9.17, 15) is 0 Å². The first-order valence-corrected chi connectivity index (χ1v) is 20.0. The fraction of sp³-hybridized carbons (Fsp3) is 0.0370. The molecule has 1 atom stereocenters. The second-order valence-electron chi connectivity index (χ2n) is 15.3. The van der Waals surface area contributed by atoms with Crippen LogP contribution in [0.15, 0.2) is 200 Å². The van der Waals surface area contributed by atoms with Gasteiger partial charge in [-0.1, -0.05) is 158 Å². The number of rotatable bonds is 5. The minimum atomic E-state index is 0.274. The lowest BCUT2D eigenvalue weighted by Crippen LogP contribution is -2.04. The lowest BCUT2D eigenvalue weighted by molar-refractivity contribution is 0.858. The summed E-state index contributed by atoms with van der Waals surface area (Å²) in [7, 11) is 0. The molecule has 0 spiro atoms. The maximum Gasteiger partial charge on any atom is 0.235 e. The van der Waals surface area contributed by atoms with Gasteiger partial charge in [-0.25, -0.2) is 9.97 Å². The predicted octanol–water partition coefficient (Wildman–Crippen LogP) is 13.8. The lowest BCUT2D eigenvalue weighted by atomic mass is 9.86. The van der Waals surface area contributed by atoms with E-state index in [-0.39, 0.29) is 5.92 Å². The average Bonchev–Trinajstić information content (AvgIpc) is 3.82. The van der Waals surface area contributed by atoms with Crippen LogP contribution in [0.5, 0.6) is 0 Å². The van der Waals surface area contributed by atoms with Crippen molar-refractivity contribution in [3.05, 3.63) is 211 Å². The maximum atomic E-state index is 5.35. The van der Waals surface area contributed by atoms with E-state index in [1.165, 1.54) is 65.7 Å². The van der Waals surface area contributed by atoms with Gasteiger partial charge in [-0.2, -0.15) is 0 Å². The van der Waals surface area contributed by atoms with Crippen molar-refractivity contribution in [3.8, 4) is 22.9 Å². The van der Waals surface area contributed by atoms with Crippen LogP contribution in [0.3, 0.4) is 0 Å². The van der Waals surface area contributed by atoms with Gasteiger partial charge in [0.15, 0.2) is 0 Å². The molecule has 3 heterocycles. The second kappa shape index (κ2) is 13.0. The van der Waals surface area contributed by atoms with Gasteiger partial charge >= 0.3 is 0 Å². The minimum Gasteiger partial charge on any atom is -0.309 e. The molecule has 0 saturated carbocycles. The molecular formula is C54H36N4. The van der Waals surface area contributed by atoms with E-state index >= 15 is 0 Å². The normalized spacial score (nSPS) is 14.3. The Morgan fingerprint density at radius 2 is 1.09 bits per heavy atom. The van der Waals surface area contributed by atoms with Crippen LogP contribution in [0.4, 0.5) is 0 Å². The van der Waals surface area contributed by atoms with Gasteiger partial charge in [0.05, 0.1) is 33.3 Å². The van der Waals surface area contributed by atoms with E-state index in [2.05, 4.69) is 203 Å². The molecule has 0 saturated heterocycles. The van der Waals surface area contributed by atoms with Crippen molar-refractivity contribution in [2.45, 2.75) is 12.3 Å². The Balaban J connectivity index is 0.995. The Kier molecular flexibility index (Phi) is 7.32. The van der Waals surface area contributed by atoms with Crippen LogP contribution in [-0.2, 0) is 0 Å². The third kappa shape index (κ3) is 5.01. The number of allylic oxidation sites excluding steroid dienone is 4. The number of aromatic nitrogens is 4. The summed E-state index contributed by atoms with van der Waals surface area (Å²) in [5.74, 6) is 0.945. The molecule has 0 aliphatic heterocycles. The van der Waals surface area contributed by atoms with E-state index in [0.717, 1.165) is 39.6 Å². The van der Waals surface area contributed by atoms with Crippen LogP contribution in [0.2, 0.25) is 0 Å². The topological polar surface area (TPSA) is 35.6 Å². The summed E-state index contributed by atoms with van der Waals surface area (Å²) in [6.07, 6.45) is 8.11. The summed E-state index contributed by atoms with van der Waals surface area (Å²) in [5, 5.41) is 8.37. The van der Waals surface area contributed by atoms with Crippen LogP contribution in [0.25, 0.3) is 93.8 Å². The summed E-state index contributed by atoms with van der Waals surface area (Å²) in [4.78, 5) is 10.6. The molecule has 0 amide bonds. The highest BCUT2D eigenvalue weighted by Gasteiger charge is 2.22. The first-order chi connectivity index (χ1) is 28.8. The molecule has 1 aliphatic rings. The summed E-state index contributed by atoms with van der Waals surface area (Å²) in [6.45, 7) is 0. The first kappa shape index (κ1) is 32.7. The zero-order valence-electron chi connectivity index (χ0n) is 31.6. The van der Waals surface area contributed by atoms with Crippen LogP contribution in [-0.4, -0.2) is 19.1 Å². The Hall–Kier alpha value is -7.56. The third-order valence-corrected chi connectivity index (χ3v) is 12.1. The number of fused-ring (bicyclic) bond motifs is 9. The van der Waals surface area contributed by atoms with Crippen LogP contribution in [0.1, 0.15) is 23.5 Å². The molecule has 272 valence electrons. The van der Waals surface area contributed by atoms with E-state index < -0.39 is 0 Å². The van der Waals surface area contributed by atoms with Crippen molar-refractivity contribution < 1.29 is 0 Å². The number of nitrogens with zero attached hydrogens (tertiary/aromatic N) is 4. The molecule has 0 N–H and O–H groups in total. The molecule has 8 aromatic carbocycles. The Labute approximate surface area is 335 Å². The van der Waals surface area contributed by atoms with Crippen molar-refractivity contribution >= 4 is 70.9 Å². The predicted molar refractivity (Wildman–Crippen MR) is 242 cm³/mol. The van der Waals surface area contributed by atoms with Gasteiger partial charge in [-0.05, 0) is 71.0 Å². The lowest BCUT2D eigenvalue weighted by Gasteiger charge is -2.19. The minimum absolute atomic E-state index is 0.274. The molecule has 1 unspecified atom stereocenters. The molecule has 0 fully saturated rings. The SMILES string of the molecule is C1=CC(c2ccc3c4ccccc4n(-c4ccccc4)c3c2)CC=C1c1cc2c3ccccc3n(-c3nc(-c4ccccc4)c4ccccc4n3)c2c2ccccc12. The van der Waals surface area contributed by atoms with Crippen molar-refractivity contribution in [3.63, 3.8) is 0 Å². The summed E-state index contributed by atoms with van der Waals surface area (Å²) < 4.78 is 4.69. The van der Waals surface area contributed by atoms with Gasteiger partial charge in [-0.3, -0.25) is 4.57 Å². The van der Waals surface area contributed by atoms with Gasteiger partial charge < -0.3 is 4.57 Å². The number of para-hydroxylation sites is 4. The quantitative estimate of drug-likeness (QED) is 0.176. The first-order valence-electron chi connectivity index (χ1n) is 20.0. The highest BCUT2D eigenvalue weighted by molar-refractivity contribution is 6.21. The van der Waals surface area contributed by atoms with Gasteiger partial charge in [0.1, 0.15) is 0 Å². The Bertz CT molecular complexity index is 3480. The van der Waals surface area contributed by atoms with Crippen molar-refractivity contribution in [2.24, 2.45) is 0 Å². The molecule has 58 heavy (non-hydrogen) atoms. The fourth-order valence-corrected chi connectivity index (χ4v) is 9.39. The van der Waals surface area contributed by atoms with Crippen molar-refractivity contribution in [1.29, 1.82) is 0 Å². The van der Waals surface area contributed by atoms with Gasteiger partial charge in [-0.15, -0.1) is 0 Å². The van der Waals surface area contributed by atoms with Gasteiger partial charge in [0, 0.05) is 49.5 Å². The van der Waals surface area contributed by atoms with E-state index in [4.69, 9.17) is 9.97 Å². The number of hydrogen-bond acceptors (Lipinski definition) is 2. The van der Waals surface area contributed by atoms with E-state index in [1.807, 2.05) is 6.07 Å². The van der Waals surface area contributed by atoms with Crippen LogP contribution < -0.4 is 0 Å². The van der Waals surface area contributed by atoms with Crippen LogP contribution in [0, 0.1) is 0 Å². The monoisotopic (exact) mass is 740 g/mol. The molecule has 4 heteroatoms. The molecule has 0 bridgehead atoms. The highest BCUT2D eigenvalue weighted by atomic mass is 15.2. The van der Waals surface area contributed by atoms with Crippen LogP contribution >= 0.6 is 0 Å². The van der Waals surface area contributed by atoms with Crippen molar-refractivity contribution in [1.82, 2.24) is 19.1 Å². The number of benzene rings is 8. The van der Waals surface area contributed by atoms with Gasteiger partial charge in [0.2, 0.25) is 5.95 Å². The molecule has 3 aromatic heterocycles. The number of hydrogen-bond donors (Lipinski definition) is 0. The second-order valence-corrected chi connectivity index (χ2v) is 15.3. The zero-order chi connectivity index (χ0) is 38.2. The molecule has 0 radical (unpaired) electrons. The van der Waals surface area contributed by atoms with Crippen molar-refractivity contribution in [2.75, 3.05) is 0 Å². The van der Waals surface area contributed by atoms with E-state index in [0.29, 0.717) is 5.95 Å².